The van der Waals surface area contributed by atoms with E-state index in [0.717, 1.165) is 12.1 Å². The van der Waals surface area contributed by atoms with Crippen LogP contribution < -0.4 is 5.32 Å². The Labute approximate surface area is 105 Å². The van der Waals surface area contributed by atoms with Gasteiger partial charge < -0.3 is 10.1 Å². The van der Waals surface area contributed by atoms with Crippen LogP contribution in [0, 0.1) is 10.1 Å². The van der Waals surface area contributed by atoms with Gasteiger partial charge in [-0.3, -0.25) is 10.1 Å². The lowest BCUT2D eigenvalue weighted by molar-refractivity contribution is -0.384. The van der Waals surface area contributed by atoms with Crippen molar-refractivity contribution in [2.24, 2.45) is 0 Å². The highest BCUT2D eigenvalue weighted by atomic mass is 35.5. The summed E-state index contributed by atoms with van der Waals surface area (Å²) < 4.78 is 5.53. The summed E-state index contributed by atoms with van der Waals surface area (Å²) in [6, 6.07) is 4.38. The second-order valence-electron chi connectivity index (χ2n) is 3.71. The molecule has 6 heteroatoms. The number of halogens is 1. The Balaban J connectivity index is 2.63. The second-order valence-corrected chi connectivity index (χ2v) is 4.12. The van der Waals surface area contributed by atoms with Crippen LogP contribution in [0.2, 0.25) is 5.02 Å². The van der Waals surface area contributed by atoms with E-state index in [1.54, 1.807) is 6.07 Å². The Morgan fingerprint density at radius 1 is 1.59 bits per heavy atom. The smallest absolute Gasteiger partial charge is 0.270 e. The second kappa shape index (κ2) is 6.54. The Kier molecular flexibility index (Phi) is 5.34. The number of nitrogens with one attached hydrogen (secondary N) is 1. The number of hydrogen-bond acceptors (Lipinski definition) is 4. The summed E-state index contributed by atoms with van der Waals surface area (Å²) in [6.07, 6.45) is 0.0614. The standard InChI is InChI=1S/C11H15ClN2O3/c1-8(6-13-2)17-7-9-3-4-10(14(15)16)5-11(9)12/h3-5,8,13H,6-7H2,1-2H3. The van der Waals surface area contributed by atoms with Gasteiger partial charge in [-0.2, -0.15) is 0 Å². The predicted molar refractivity (Wildman–Crippen MR) is 66.3 cm³/mol. The molecule has 0 aromatic heterocycles. The quantitative estimate of drug-likeness (QED) is 0.628. The largest absolute Gasteiger partial charge is 0.372 e. The van der Waals surface area contributed by atoms with Crippen molar-refractivity contribution in [1.82, 2.24) is 5.32 Å². The lowest BCUT2D eigenvalue weighted by atomic mass is 10.2. The van der Waals surface area contributed by atoms with E-state index in [0.29, 0.717) is 11.6 Å². The molecule has 17 heavy (non-hydrogen) atoms. The third-order valence-corrected chi connectivity index (χ3v) is 2.61. The minimum atomic E-state index is -0.472. The summed E-state index contributed by atoms with van der Waals surface area (Å²) in [6.45, 7) is 3.03. The van der Waals surface area contributed by atoms with Crippen LogP contribution in [-0.4, -0.2) is 24.6 Å². The summed E-state index contributed by atoms with van der Waals surface area (Å²) in [4.78, 5) is 10.1. The van der Waals surface area contributed by atoms with Gasteiger partial charge in [0, 0.05) is 18.7 Å². The first-order valence-electron chi connectivity index (χ1n) is 5.23. The molecule has 0 heterocycles. The number of nitro groups is 1. The highest BCUT2D eigenvalue weighted by molar-refractivity contribution is 6.31. The van der Waals surface area contributed by atoms with Crippen molar-refractivity contribution in [2.45, 2.75) is 19.6 Å². The molecule has 0 saturated heterocycles. The fraction of sp³-hybridized carbons (Fsp3) is 0.455. The van der Waals surface area contributed by atoms with Crippen molar-refractivity contribution in [1.29, 1.82) is 0 Å². The first-order valence-corrected chi connectivity index (χ1v) is 5.61. The number of nitro benzene ring substituents is 1. The molecular weight excluding hydrogens is 244 g/mol. The van der Waals surface area contributed by atoms with E-state index in [2.05, 4.69) is 5.32 Å². The van der Waals surface area contributed by atoms with Gasteiger partial charge in [-0.15, -0.1) is 0 Å². The Hall–Kier alpha value is -1.17. The third kappa shape index (κ3) is 4.30. The molecule has 0 amide bonds. The van der Waals surface area contributed by atoms with E-state index in [9.17, 15) is 10.1 Å². The van der Waals surface area contributed by atoms with Crippen LogP contribution in [0.1, 0.15) is 12.5 Å². The number of hydrogen-bond donors (Lipinski definition) is 1. The molecule has 1 aromatic carbocycles. The van der Waals surface area contributed by atoms with Gasteiger partial charge in [-0.05, 0) is 25.6 Å². The van der Waals surface area contributed by atoms with E-state index >= 15 is 0 Å². The molecule has 1 rings (SSSR count). The average Bonchev–Trinajstić information content (AvgIpc) is 2.27. The SMILES string of the molecule is CNCC(C)OCc1ccc([N+](=O)[O-])cc1Cl. The number of rotatable bonds is 6. The van der Waals surface area contributed by atoms with Crippen molar-refractivity contribution in [3.05, 3.63) is 38.9 Å². The maximum Gasteiger partial charge on any atom is 0.270 e. The van der Waals surface area contributed by atoms with Crippen LogP contribution in [0.4, 0.5) is 5.69 Å². The van der Waals surface area contributed by atoms with Gasteiger partial charge in [-0.25, -0.2) is 0 Å². The van der Waals surface area contributed by atoms with Gasteiger partial charge in [0.2, 0.25) is 0 Å². The zero-order chi connectivity index (χ0) is 12.8. The normalized spacial score (nSPS) is 12.4. The fourth-order valence-electron chi connectivity index (χ4n) is 1.35. The lowest BCUT2D eigenvalue weighted by Crippen LogP contribution is -2.23. The Bertz CT molecular complexity index is 398. The highest BCUT2D eigenvalue weighted by Crippen LogP contribution is 2.23. The zero-order valence-corrected chi connectivity index (χ0v) is 10.5. The summed E-state index contributed by atoms with van der Waals surface area (Å²) >= 11 is 5.93. The molecule has 0 saturated carbocycles. The zero-order valence-electron chi connectivity index (χ0n) is 9.77. The number of likely N-dealkylation sites (N-methyl/N-ethyl adjacent to an activating group) is 1. The third-order valence-electron chi connectivity index (χ3n) is 2.26. The van der Waals surface area contributed by atoms with Gasteiger partial charge in [0.25, 0.3) is 5.69 Å². The fourth-order valence-corrected chi connectivity index (χ4v) is 1.57. The Morgan fingerprint density at radius 3 is 2.82 bits per heavy atom. The van der Waals surface area contributed by atoms with Gasteiger partial charge in [0.05, 0.1) is 22.7 Å². The number of non-ortho nitro benzene ring substituents is 1. The van der Waals surface area contributed by atoms with Gasteiger partial charge in [0.1, 0.15) is 0 Å². The highest BCUT2D eigenvalue weighted by Gasteiger charge is 2.10. The molecule has 1 unspecified atom stereocenters. The first kappa shape index (κ1) is 13.9. The van der Waals surface area contributed by atoms with Crippen LogP contribution in [0.5, 0.6) is 0 Å². The van der Waals surface area contributed by atoms with Crippen LogP contribution in [0.15, 0.2) is 18.2 Å². The van der Waals surface area contributed by atoms with Crippen molar-refractivity contribution >= 4 is 17.3 Å². The molecule has 0 bridgehead atoms. The van der Waals surface area contributed by atoms with Crippen LogP contribution in [0.25, 0.3) is 0 Å². The van der Waals surface area contributed by atoms with Crippen LogP contribution in [-0.2, 0) is 11.3 Å². The summed E-state index contributed by atoms with van der Waals surface area (Å²) in [5, 5.41) is 13.9. The summed E-state index contributed by atoms with van der Waals surface area (Å²) in [5.41, 5.74) is 0.738. The molecule has 0 aliphatic rings. The van der Waals surface area contributed by atoms with E-state index in [1.807, 2.05) is 14.0 Å². The Morgan fingerprint density at radius 2 is 2.29 bits per heavy atom. The molecule has 0 aliphatic carbocycles. The van der Waals surface area contributed by atoms with Crippen molar-refractivity contribution in [2.75, 3.05) is 13.6 Å². The maximum absolute atomic E-state index is 10.5. The lowest BCUT2D eigenvalue weighted by Gasteiger charge is -2.12. The average molecular weight is 259 g/mol. The van der Waals surface area contributed by atoms with E-state index in [-0.39, 0.29) is 11.8 Å². The van der Waals surface area contributed by atoms with E-state index in [1.165, 1.54) is 12.1 Å². The molecule has 0 fully saturated rings. The molecule has 1 aromatic rings. The molecule has 0 aliphatic heterocycles. The molecule has 1 atom stereocenters. The minimum Gasteiger partial charge on any atom is -0.372 e. The van der Waals surface area contributed by atoms with Crippen LogP contribution in [0.3, 0.4) is 0 Å². The molecule has 94 valence electrons. The molecule has 1 N–H and O–H groups in total. The molecule has 5 nitrogen and oxygen atoms in total. The predicted octanol–water partition coefficient (Wildman–Crippen LogP) is 2.37. The van der Waals surface area contributed by atoms with Gasteiger partial charge in [0.15, 0.2) is 0 Å². The van der Waals surface area contributed by atoms with Gasteiger partial charge in [-0.1, -0.05) is 11.6 Å². The number of nitrogens with zero attached hydrogens (tertiary/aromatic N) is 1. The minimum absolute atomic E-state index is 0.0120. The topological polar surface area (TPSA) is 64.4 Å². The molecule has 0 radical (unpaired) electrons. The van der Waals surface area contributed by atoms with Crippen molar-refractivity contribution in [3.8, 4) is 0 Å². The van der Waals surface area contributed by atoms with Crippen molar-refractivity contribution in [3.63, 3.8) is 0 Å². The van der Waals surface area contributed by atoms with Crippen molar-refractivity contribution < 1.29 is 9.66 Å². The number of benzene rings is 1. The molecular formula is C11H15ClN2O3. The molecule has 0 spiro atoms. The summed E-state index contributed by atoms with van der Waals surface area (Å²) in [7, 11) is 1.85. The summed E-state index contributed by atoms with van der Waals surface area (Å²) in [5.74, 6) is 0. The monoisotopic (exact) mass is 258 g/mol. The first-order chi connectivity index (χ1) is 8.04. The van der Waals surface area contributed by atoms with Gasteiger partial charge >= 0.3 is 0 Å². The van der Waals surface area contributed by atoms with E-state index in [4.69, 9.17) is 16.3 Å². The number of ether oxygens (including phenoxy) is 1. The van der Waals surface area contributed by atoms with E-state index < -0.39 is 4.92 Å². The van der Waals surface area contributed by atoms with Crippen LogP contribution >= 0.6 is 11.6 Å². The maximum atomic E-state index is 10.5.